The van der Waals surface area contributed by atoms with Gasteiger partial charge in [-0.05, 0) is 37.1 Å². The maximum Gasteiger partial charge on any atom is 0.191 e. The summed E-state index contributed by atoms with van der Waals surface area (Å²) in [5.74, 6) is 1.40. The van der Waals surface area contributed by atoms with Crippen LogP contribution in [0.25, 0.3) is 0 Å². The van der Waals surface area contributed by atoms with Gasteiger partial charge in [0.15, 0.2) is 5.96 Å². The summed E-state index contributed by atoms with van der Waals surface area (Å²) in [5.41, 5.74) is 0. The standard InChI is InChI=1S/C17H29N3O2S/c1-13(9-16-5-4-8-23-16)10-19-17(18-3)20-14(2)11-22-15-6-7-21-12-15/h4-5,8,13-15H,6-7,9-12H2,1-3H3,(H2,18,19,20). The second kappa shape index (κ2) is 9.90. The lowest BCUT2D eigenvalue weighted by Gasteiger charge is -2.21. The predicted octanol–water partition coefficient (Wildman–Crippen LogP) is 2.29. The fourth-order valence-corrected chi connectivity index (χ4v) is 3.38. The molecule has 0 radical (unpaired) electrons. The van der Waals surface area contributed by atoms with Gasteiger partial charge in [-0.1, -0.05) is 13.0 Å². The molecule has 0 saturated carbocycles. The number of thiophene rings is 1. The van der Waals surface area contributed by atoms with Crippen LogP contribution in [0, 0.1) is 5.92 Å². The summed E-state index contributed by atoms with van der Waals surface area (Å²) >= 11 is 1.82. The molecule has 0 aromatic carbocycles. The first-order valence-electron chi connectivity index (χ1n) is 8.36. The molecule has 1 aromatic heterocycles. The van der Waals surface area contributed by atoms with Crippen LogP contribution in [0.4, 0.5) is 0 Å². The highest BCUT2D eigenvalue weighted by Gasteiger charge is 2.17. The van der Waals surface area contributed by atoms with Crippen molar-refractivity contribution in [1.82, 2.24) is 10.6 Å². The molecule has 6 heteroatoms. The highest BCUT2D eigenvalue weighted by molar-refractivity contribution is 7.09. The van der Waals surface area contributed by atoms with E-state index in [0.29, 0.717) is 12.5 Å². The summed E-state index contributed by atoms with van der Waals surface area (Å²) in [7, 11) is 1.80. The molecule has 1 saturated heterocycles. The molecule has 0 amide bonds. The summed E-state index contributed by atoms with van der Waals surface area (Å²) in [6, 6.07) is 4.52. The van der Waals surface area contributed by atoms with Gasteiger partial charge in [0.25, 0.3) is 0 Å². The van der Waals surface area contributed by atoms with Gasteiger partial charge in [-0.25, -0.2) is 0 Å². The second-order valence-electron chi connectivity index (χ2n) is 6.21. The van der Waals surface area contributed by atoms with Gasteiger partial charge in [-0.3, -0.25) is 4.99 Å². The molecule has 1 aliphatic heterocycles. The van der Waals surface area contributed by atoms with E-state index in [1.54, 1.807) is 7.05 Å². The SMILES string of the molecule is CN=C(NCC(C)Cc1cccs1)NC(C)COC1CCOC1. The Balaban J connectivity index is 1.63. The molecule has 0 spiro atoms. The van der Waals surface area contributed by atoms with Crippen molar-refractivity contribution in [2.24, 2.45) is 10.9 Å². The molecule has 2 N–H and O–H groups in total. The highest BCUT2D eigenvalue weighted by Crippen LogP contribution is 2.13. The smallest absolute Gasteiger partial charge is 0.191 e. The Kier molecular flexibility index (Phi) is 7.85. The van der Waals surface area contributed by atoms with Crippen molar-refractivity contribution in [2.75, 3.05) is 33.4 Å². The number of aliphatic imine (C=N–C) groups is 1. The fraction of sp³-hybridized carbons (Fsp3) is 0.706. The van der Waals surface area contributed by atoms with E-state index in [0.717, 1.165) is 38.6 Å². The quantitative estimate of drug-likeness (QED) is 0.564. The molecule has 5 nitrogen and oxygen atoms in total. The van der Waals surface area contributed by atoms with Gasteiger partial charge in [-0.2, -0.15) is 0 Å². The summed E-state index contributed by atoms with van der Waals surface area (Å²) in [6.07, 6.45) is 2.35. The Bertz CT molecular complexity index is 458. The van der Waals surface area contributed by atoms with Crippen molar-refractivity contribution < 1.29 is 9.47 Å². The Morgan fingerprint density at radius 3 is 3.04 bits per heavy atom. The maximum absolute atomic E-state index is 5.84. The minimum Gasteiger partial charge on any atom is -0.379 e. The lowest BCUT2D eigenvalue weighted by atomic mass is 10.1. The number of ether oxygens (including phenoxy) is 2. The zero-order chi connectivity index (χ0) is 16.5. The fourth-order valence-electron chi connectivity index (χ4n) is 2.51. The van der Waals surface area contributed by atoms with E-state index in [4.69, 9.17) is 9.47 Å². The largest absolute Gasteiger partial charge is 0.379 e. The molecule has 0 aliphatic carbocycles. The van der Waals surface area contributed by atoms with Crippen molar-refractivity contribution in [3.63, 3.8) is 0 Å². The van der Waals surface area contributed by atoms with Gasteiger partial charge in [0.2, 0.25) is 0 Å². The lowest BCUT2D eigenvalue weighted by molar-refractivity contribution is 0.0347. The van der Waals surface area contributed by atoms with Crippen LogP contribution in [-0.2, 0) is 15.9 Å². The number of hydrogen-bond donors (Lipinski definition) is 2. The normalized spacial score (nSPS) is 21.2. The van der Waals surface area contributed by atoms with Gasteiger partial charge < -0.3 is 20.1 Å². The second-order valence-corrected chi connectivity index (χ2v) is 7.24. The molecule has 23 heavy (non-hydrogen) atoms. The molecule has 0 bridgehead atoms. The molecule has 130 valence electrons. The predicted molar refractivity (Wildman–Crippen MR) is 96.3 cm³/mol. The van der Waals surface area contributed by atoms with Crippen LogP contribution in [0.3, 0.4) is 0 Å². The number of guanidine groups is 1. The van der Waals surface area contributed by atoms with E-state index in [1.165, 1.54) is 4.88 Å². The van der Waals surface area contributed by atoms with Crippen LogP contribution < -0.4 is 10.6 Å². The van der Waals surface area contributed by atoms with Crippen LogP contribution >= 0.6 is 11.3 Å². The average Bonchev–Trinajstić information content (AvgIpc) is 3.22. The highest BCUT2D eigenvalue weighted by atomic mass is 32.1. The van der Waals surface area contributed by atoms with Gasteiger partial charge in [0, 0.05) is 31.1 Å². The first kappa shape index (κ1) is 18.2. The van der Waals surface area contributed by atoms with Crippen LogP contribution in [0.2, 0.25) is 0 Å². The van der Waals surface area contributed by atoms with Crippen LogP contribution in [0.1, 0.15) is 25.1 Å². The zero-order valence-electron chi connectivity index (χ0n) is 14.4. The Hall–Kier alpha value is -1.11. The van der Waals surface area contributed by atoms with E-state index in [9.17, 15) is 0 Å². The van der Waals surface area contributed by atoms with E-state index in [2.05, 4.69) is 47.0 Å². The summed E-state index contributed by atoms with van der Waals surface area (Å²) in [5, 5.41) is 8.92. The van der Waals surface area contributed by atoms with Gasteiger partial charge in [0.05, 0.1) is 19.3 Å². The van der Waals surface area contributed by atoms with Crippen molar-refractivity contribution in [2.45, 2.75) is 38.8 Å². The number of nitrogens with one attached hydrogen (secondary N) is 2. The molecule has 1 fully saturated rings. The lowest BCUT2D eigenvalue weighted by Crippen LogP contribution is -2.45. The van der Waals surface area contributed by atoms with Crippen molar-refractivity contribution in [3.05, 3.63) is 22.4 Å². The molecule has 2 heterocycles. The molecule has 2 rings (SSSR count). The summed E-state index contributed by atoms with van der Waals surface area (Å²) < 4.78 is 11.2. The number of hydrogen-bond acceptors (Lipinski definition) is 4. The Morgan fingerprint density at radius 1 is 1.52 bits per heavy atom. The summed E-state index contributed by atoms with van der Waals surface area (Å²) in [4.78, 5) is 5.73. The first-order valence-corrected chi connectivity index (χ1v) is 9.24. The van der Waals surface area contributed by atoms with Crippen molar-refractivity contribution in [3.8, 4) is 0 Å². The number of nitrogens with zero attached hydrogens (tertiary/aromatic N) is 1. The molecule has 3 unspecified atom stereocenters. The van der Waals surface area contributed by atoms with E-state index >= 15 is 0 Å². The first-order chi connectivity index (χ1) is 11.2. The van der Waals surface area contributed by atoms with Crippen LogP contribution in [0.15, 0.2) is 22.5 Å². The molecular weight excluding hydrogens is 310 g/mol. The van der Waals surface area contributed by atoms with Gasteiger partial charge >= 0.3 is 0 Å². The topological polar surface area (TPSA) is 54.9 Å². The van der Waals surface area contributed by atoms with E-state index in [1.807, 2.05) is 11.3 Å². The minimum absolute atomic E-state index is 0.217. The third-order valence-corrected chi connectivity index (χ3v) is 4.72. The average molecular weight is 340 g/mol. The Morgan fingerprint density at radius 2 is 2.39 bits per heavy atom. The van der Waals surface area contributed by atoms with Gasteiger partial charge in [0.1, 0.15) is 0 Å². The maximum atomic E-state index is 5.84. The minimum atomic E-state index is 0.217. The summed E-state index contributed by atoms with van der Waals surface area (Å²) in [6.45, 7) is 7.48. The molecule has 3 atom stereocenters. The monoisotopic (exact) mass is 339 g/mol. The van der Waals surface area contributed by atoms with E-state index < -0.39 is 0 Å². The van der Waals surface area contributed by atoms with Gasteiger partial charge in [-0.15, -0.1) is 11.3 Å². The van der Waals surface area contributed by atoms with E-state index in [-0.39, 0.29) is 12.1 Å². The third-order valence-electron chi connectivity index (χ3n) is 3.82. The Labute approximate surface area is 143 Å². The van der Waals surface area contributed by atoms with Crippen LogP contribution in [0.5, 0.6) is 0 Å². The van der Waals surface area contributed by atoms with Crippen LogP contribution in [-0.4, -0.2) is 51.5 Å². The van der Waals surface area contributed by atoms with Crippen molar-refractivity contribution in [1.29, 1.82) is 0 Å². The molecular formula is C17H29N3O2S. The van der Waals surface area contributed by atoms with Crippen molar-refractivity contribution >= 4 is 17.3 Å². The third kappa shape index (κ3) is 6.89. The molecule has 1 aromatic rings. The zero-order valence-corrected chi connectivity index (χ0v) is 15.2. The number of rotatable bonds is 8. The molecule has 1 aliphatic rings.